The third-order valence-corrected chi connectivity index (χ3v) is 5.30. The normalized spacial score (nSPS) is 44.3. The Morgan fingerprint density at radius 2 is 2.11 bits per heavy atom. The molecule has 0 radical (unpaired) electrons. The van der Waals surface area contributed by atoms with Crippen LogP contribution >= 0.6 is 0 Å². The maximum atomic E-state index is 4.60. The van der Waals surface area contributed by atoms with Crippen molar-refractivity contribution in [1.82, 2.24) is 10.2 Å². The first-order valence-corrected chi connectivity index (χ1v) is 7.38. The van der Waals surface area contributed by atoms with Crippen molar-refractivity contribution in [2.45, 2.75) is 24.4 Å². The first-order valence-electron chi connectivity index (χ1n) is 7.38. The summed E-state index contributed by atoms with van der Waals surface area (Å²) in [5.41, 5.74) is 0.178. The topological polar surface area (TPSA) is 27.6 Å². The van der Waals surface area contributed by atoms with Crippen LogP contribution in [0.25, 0.3) is 0 Å². The first kappa shape index (κ1) is 11.6. The maximum Gasteiger partial charge on any atom is 0.0661 e. The lowest BCUT2D eigenvalue weighted by molar-refractivity contribution is 0.0513. The molecule has 0 aromatic heterocycles. The zero-order valence-corrected chi connectivity index (χ0v) is 11.3. The number of hydrogen-bond acceptors (Lipinski definition) is 3. The van der Waals surface area contributed by atoms with E-state index in [0.717, 1.165) is 26.2 Å². The fourth-order valence-corrected chi connectivity index (χ4v) is 4.38. The van der Waals surface area contributed by atoms with Crippen LogP contribution in [0.5, 0.6) is 0 Å². The van der Waals surface area contributed by atoms with E-state index >= 15 is 0 Å². The lowest BCUT2D eigenvalue weighted by Crippen LogP contribution is -2.67. The third-order valence-electron chi connectivity index (χ3n) is 5.30. The van der Waals surface area contributed by atoms with Gasteiger partial charge < -0.3 is 5.32 Å². The number of piperidine rings is 1. The second-order valence-corrected chi connectivity index (χ2v) is 6.08. The Kier molecular flexibility index (Phi) is 2.54. The highest BCUT2D eigenvalue weighted by atomic mass is 15.2. The molecule has 3 heterocycles. The largest absolute Gasteiger partial charge is 0.304 e. The molecule has 3 unspecified atom stereocenters. The fourth-order valence-electron chi connectivity index (χ4n) is 4.38. The average molecular weight is 255 g/mol. The molecular formula is C16H21N3. The van der Waals surface area contributed by atoms with Crippen LogP contribution in [0.1, 0.15) is 12.8 Å². The smallest absolute Gasteiger partial charge is 0.0661 e. The summed E-state index contributed by atoms with van der Waals surface area (Å²) in [4.78, 5) is 7.18. The summed E-state index contributed by atoms with van der Waals surface area (Å²) in [5, 5.41) is 3.80. The van der Waals surface area contributed by atoms with E-state index in [0.29, 0.717) is 6.04 Å². The van der Waals surface area contributed by atoms with Gasteiger partial charge in [0.15, 0.2) is 0 Å². The van der Waals surface area contributed by atoms with Crippen molar-refractivity contribution in [3.63, 3.8) is 0 Å². The van der Waals surface area contributed by atoms with Crippen molar-refractivity contribution >= 4 is 6.21 Å². The van der Waals surface area contributed by atoms with E-state index in [4.69, 9.17) is 0 Å². The molecule has 0 aromatic carbocycles. The first-order chi connectivity index (χ1) is 9.36. The summed E-state index contributed by atoms with van der Waals surface area (Å²) in [6.07, 6.45) is 18.6. The Morgan fingerprint density at radius 1 is 1.16 bits per heavy atom. The van der Waals surface area contributed by atoms with Crippen LogP contribution in [0.4, 0.5) is 0 Å². The van der Waals surface area contributed by atoms with Crippen molar-refractivity contribution in [3.8, 4) is 0 Å². The minimum Gasteiger partial charge on any atom is -0.304 e. The Balaban J connectivity index is 1.87. The van der Waals surface area contributed by atoms with Gasteiger partial charge in [-0.25, -0.2) is 0 Å². The predicted octanol–water partition coefficient (Wildman–Crippen LogP) is 1.55. The number of nitrogens with zero attached hydrogens (tertiary/aromatic N) is 2. The fraction of sp³-hybridized carbons (Fsp3) is 0.562. The lowest BCUT2D eigenvalue weighted by Gasteiger charge is -2.56. The number of rotatable bonds is 0. The van der Waals surface area contributed by atoms with E-state index in [1.165, 1.54) is 12.8 Å². The van der Waals surface area contributed by atoms with Gasteiger partial charge in [0.2, 0.25) is 0 Å². The van der Waals surface area contributed by atoms with E-state index in [1.807, 2.05) is 0 Å². The molecule has 0 spiro atoms. The van der Waals surface area contributed by atoms with Crippen molar-refractivity contribution in [2.24, 2.45) is 10.4 Å². The Hall–Kier alpha value is -1.19. The number of fused-ring (bicyclic) bond motifs is 1. The van der Waals surface area contributed by atoms with Crippen LogP contribution in [0.2, 0.25) is 0 Å². The van der Waals surface area contributed by atoms with E-state index in [2.05, 4.69) is 57.9 Å². The van der Waals surface area contributed by atoms with Gasteiger partial charge >= 0.3 is 0 Å². The summed E-state index contributed by atoms with van der Waals surface area (Å²) < 4.78 is 0. The minimum atomic E-state index is 0.00623. The standard InChI is InChI=1S/C16H21N3/c1-2-7-16-8-4-11-19-12-10-17-13-14(19)15(16,5-1)6-3-9-18-16/h1-2,4-5,7-8,10,14,18H,3,6,9,11-13H2. The second kappa shape index (κ2) is 4.15. The lowest BCUT2D eigenvalue weighted by atomic mass is 9.58. The van der Waals surface area contributed by atoms with Gasteiger partial charge in [-0.3, -0.25) is 9.89 Å². The highest BCUT2D eigenvalue weighted by molar-refractivity contribution is 5.61. The highest BCUT2D eigenvalue weighted by Crippen LogP contribution is 2.50. The van der Waals surface area contributed by atoms with Gasteiger partial charge in [0.1, 0.15) is 0 Å². The van der Waals surface area contributed by atoms with Gasteiger partial charge in [-0.15, -0.1) is 0 Å². The Labute approximate surface area is 114 Å². The number of allylic oxidation sites excluding steroid dienone is 2. The monoisotopic (exact) mass is 255 g/mol. The van der Waals surface area contributed by atoms with Gasteiger partial charge in [0.25, 0.3) is 0 Å². The second-order valence-electron chi connectivity index (χ2n) is 6.08. The molecule has 3 aliphatic heterocycles. The molecule has 1 aliphatic carbocycles. The molecule has 0 aromatic rings. The molecule has 1 fully saturated rings. The van der Waals surface area contributed by atoms with Gasteiger partial charge in [-0.2, -0.15) is 0 Å². The Bertz CT molecular complexity index is 490. The maximum absolute atomic E-state index is 4.60. The summed E-state index contributed by atoms with van der Waals surface area (Å²) in [5.74, 6) is 0. The molecule has 1 N–H and O–H groups in total. The molecule has 0 bridgehead atoms. The zero-order valence-electron chi connectivity index (χ0n) is 11.3. The number of hydrogen-bond donors (Lipinski definition) is 1. The van der Waals surface area contributed by atoms with Crippen molar-refractivity contribution in [1.29, 1.82) is 0 Å². The molecule has 100 valence electrons. The minimum absolute atomic E-state index is 0.00623. The molecule has 3 atom stereocenters. The third kappa shape index (κ3) is 1.49. The average Bonchev–Trinajstić information content (AvgIpc) is 2.62. The quantitative estimate of drug-likeness (QED) is 0.665. The summed E-state index contributed by atoms with van der Waals surface area (Å²) in [7, 11) is 0. The molecule has 4 aliphatic rings. The molecule has 0 amide bonds. The van der Waals surface area contributed by atoms with Crippen LogP contribution in [-0.4, -0.2) is 48.9 Å². The van der Waals surface area contributed by atoms with E-state index < -0.39 is 0 Å². The number of aliphatic imine (C=N–C) groups is 1. The van der Waals surface area contributed by atoms with Gasteiger partial charge in [-0.05, 0) is 19.4 Å². The van der Waals surface area contributed by atoms with Gasteiger partial charge in [-0.1, -0.05) is 36.5 Å². The van der Waals surface area contributed by atoms with Gasteiger partial charge in [0.05, 0.1) is 12.1 Å². The summed E-state index contributed by atoms with van der Waals surface area (Å²) >= 11 is 0. The summed E-state index contributed by atoms with van der Waals surface area (Å²) in [6.45, 7) is 4.08. The zero-order chi connectivity index (χ0) is 12.8. The molecule has 19 heavy (non-hydrogen) atoms. The molecule has 0 saturated carbocycles. The predicted molar refractivity (Wildman–Crippen MR) is 78.5 cm³/mol. The van der Waals surface area contributed by atoms with Crippen LogP contribution in [-0.2, 0) is 0 Å². The SMILES string of the molecule is C1=CC23C=CCN4CC=NCC4C2(C=C1)CCCN3. The van der Waals surface area contributed by atoms with Crippen molar-refractivity contribution in [3.05, 3.63) is 36.5 Å². The van der Waals surface area contributed by atoms with E-state index in [1.54, 1.807) is 0 Å². The Morgan fingerprint density at radius 3 is 3.11 bits per heavy atom. The van der Waals surface area contributed by atoms with Crippen LogP contribution in [0.3, 0.4) is 0 Å². The number of nitrogens with one attached hydrogen (secondary N) is 1. The van der Waals surface area contributed by atoms with Crippen LogP contribution in [0.15, 0.2) is 41.4 Å². The molecule has 3 heteroatoms. The molecule has 4 rings (SSSR count). The highest BCUT2D eigenvalue weighted by Gasteiger charge is 2.56. The molecular weight excluding hydrogens is 234 g/mol. The van der Waals surface area contributed by atoms with Crippen LogP contribution in [0, 0.1) is 5.41 Å². The summed E-state index contributed by atoms with van der Waals surface area (Å²) in [6, 6.07) is 0.515. The van der Waals surface area contributed by atoms with Crippen molar-refractivity contribution in [2.75, 3.05) is 26.2 Å². The van der Waals surface area contributed by atoms with Gasteiger partial charge in [0, 0.05) is 30.8 Å². The molecule has 1 saturated heterocycles. The van der Waals surface area contributed by atoms with Crippen molar-refractivity contribution < 1.29 is 0 Å². The van der Waals surface area contributed by atoms with E-state index in [-0.39, 0.29) is 11.0 Å². The molecule has 3 nitrogen and oxygen atoms in total. The van der Waals surface area contributed by atoms with E-state index in [9.17, 15) is 0 Å². The van der Waals surface area contributed by atoms with Crippen LogP contribution < -0.4 is 5.32 Å².